The van der Waals surface area contributed by atoms with E-state index in [-0.39, 0.29) is 12.4 Å². The average Bonchev–Trinajstić information content (AvgIpc) is 2.78. The monoisotopic (exact) mass is 405 g/mol. The molecule has 144 valence electrons. The number of rotatable bonds is 7. The first-order chi connectivity index (χ1) is 12.6. The fraction of sp³-hybridized carbons (Fsp3) is 0.286. The number of anilines is 2. The minimum absolute atomic E-state index is 0. The Hall–Kier alpha value is -2.01. The Bertz CT molecular complexity index is 808. The number of carbonyl (C=O) groups is 1. The first kappa shape index (κ1) is 21.3. The van der Waals surface area contributed by atoms with E-state index in [1.165, 1.54) is 28.6 Å². The van der Waals surface area contributed by atoms with Crippen LogP contribution in [0, 0.1) is 0 Å². The first-order valence-corrected chi connectivity index (χ1v) is 9.33. The SMILES string of the molecule is Cl.NC(=O)/C=C/CNCCCN1c2ccccc2CCc2ccc(Cl)cc21. The molecule has 0 unspecified atom stereocenters. The molecule has 0 atom stereocenters. The maximum absolute atomic E-state index is 10.7. The highest BCUT2D eigenvalue weighted by molar-refractivity contribution is 6.30. The molecule has 2 aromatic carbocycles. The number of nitrogens with one attached hydrogen (secondary N) is 1. The van der Waals surface area contributed by atoms with Crippen molar-refractivity contribution in [2.45, 2.75) is 19.3 Å². The van der Waals surface area contributed by atoms with Gasteiger partial charge in [0.1, 0.15) is 0 Å². The largest absolute Gasteiger partial charge is 0.366 e. The lowest BCUT2D eigenvalue weighted by atomic mass is 10.0. The number of para-hydroxylation sites is 1. The Morgan fingerprint density at radius 2 is 1.89 bits per heavy atom. The molecule has 3 rings (SSSR count). The van der Waals surface area contributed by atoms with Gasteiger partial charge in [0.15, 0.2) is 0 Å². The van der Waals surface area contributed by atoms with Crippen LogP contribution >= 0.6 is 24.0 Å². The van der Waals surface area contributed by atoms with Gasteiger partial charge in [-0.2, -0.15) is 0 Å². The number of aryl methyl sites for hydroxylation is 2. The van der Waals surface area contributed by atoms with Crippen molar-refractivity contribution in [2.24, 2.45) is 5.73 Å². The van der Waals surface area contributed by atoms with Gasteiger partial charge in [0.25, 0.3) is 0 Å². The Morgan fingerprint density at radius 3 is 2.67 bits per heavy atom. The number of benzene rings is 2. The van der Waals surface area contributed by atoms with Crippen LogP contribution in [0.2, 0.25) is 5.02 Å². The smallest absolute Gasteiger partial charge is 0.241 e. The molecule has 27 heavy (non-hydrogen) atoms. The van der Waals surface area contributed by atoms with Crippen molar-refractivity contribution in [2.75, 3.05) is 24.5 Å². The van der Waals surface area contributed by atoms with E-state index in [0.29, 0.717) is 6.54 Å². The van der Waals surface area contributed by atoms with Crippen molar-refractivity contribution in [3.8, 4) is 0 Å². The number of carbonyl (C=O) groups excluding carboxylic acids is 1. The molecule has 6 heteroatoms. The van der Waals surface area contributed by atoms with Crippen molar-refractivity contribution < 1.29 is 4.79 Å². The van der Waals surface area contributed by atoms with Crippen LogP contribution in [0.4, 0.5) is 11.4 Å². The molecule has 1 amide bonds. The van der Waals surface area contributed by atoms with Crippen LogP contribution in [-0.4, -0.2) is 25.5 Å². The second-order valence-corrected chi connectivity index (χ2v) is 6.85. The molecule has 0 saturated heterocycles. The summed E-state index contributed by atoms with van der Waals surface area (Å²) in [6, 6.07) is 14.8. The van der Waals surface area contributed by atoms with Crippen molar-refractivity contribution in [1.29, 1.82) is 0 Å². The van der Waals surface area contributed by atoms with Gasteiger partial charge < -0.3 is 16.0 Å². The summed E-state index contributed by atoms with van der Waals surface area (Å²) >= 11 is 6.28. The normalized spacial score (nSPS) is 12.9. The number of primary amides is 1. The summed E-state index contributed by atoms with van der Waals surface area (Å²) in [4.78, 5) is 13.1. The standard InChI is InChI=1S/C21H24ClN3O.ClH/c22-18-11-10-17-9-8-16-5-1-2-6-19(16)25(20(17)15-18)14-4-13-24-12-3-7-21(23)26;/h1-3,5-7,10-11,15,24H,4,8-9,12-14H2,(H2,23,26);1H/b7-3+;. The second-order valence-electron chi connectivity index (χ2n) is 6.42. The topological polar surface area (TPSA) is 58.4 Å². The minimum atomic E-state index is -0.415. The van der Waals surface area contributed by atoms with Crippen LogP contribution in [0.25, 0.3) is 0 Å². The van der Waals surface area contributed by atoms with E-state index in [1.807, 2.05) is 6.07 Å². The summed E-state index contributed by atoms with van der Waals surface area (Å²) in [7, 11) is 0. The van der Waals surface area contributed by atoms with E-state index in [0.717, 1.165) is 37.4 Å². The van der Waals surface area contributed by atoms with Gasteiger partial charge in [-0.25, -0.2) is 0 Å². The van der Waals surface area contributed by atoms with E-state index < -0.39 is 5.91 Å². The number of nitrogens with two attached hydrogens (primary N) is 1. The zero-order chi connectivity index (χ0) is 18.4. The molecule has 0 radical (unpaired) electrons. The fourth-order valence-electron chi connectivity index (χ4n) is 3.35. The quantitative estimate of drug-likeness (QED) is 0.540. The van der Waals surface area contributed by atoms with E-state index in [4.69, 9.17) is 17.3 Å². The van der Waals surface area contributed by atoms with E-state index >= 15 is 0 Å². The van der Waals surface area contributed by atoms with Crippen molar-refractivity contribution in [3.05, 3.63) is 70.8 Å². The molecule has 1 aliphatic rings. The first-order valence-electron chi connectivity index (χ1n) is 8.96. The highest BCUT2D eigenvalue weighted by Gasteiger charge is 2.20. The summed E-state index contributed by atoms with van der Waals surface area (Å²) in [5, 5.41) is 4.07. The van der Waals surface area contributed by atoms with E-state index in [2.05, 4.69) is 46.6 Å². The van der Waals surface area contributed by atoms with Crippen LogP contribution in [0.15, 0.2) is 54.6 Å². The molecule has 1 aliphatic heterocycles. The fourth-order valence-corrected chi connectivity index (χ4v) is 3.51. The molecular weight excluding hydrogens is 381 g/mol. The number of amides is 1. The maximum Gasteiger partial charge on any atom is 0.241 e. The van der Waals surface area contributed by atoms with E-state index in [9.17, 15) is 4.79 Å². The Balaban J connectivity index is 0.00000261. The zero-order valence-corrected chi connectivity index (χ0v) is 16.7. The molecular formula is C21H25Cl2N3O. The van der Waals surface area contributed by atoms with E-state index in [1.54, 1.807) is 6.08 Å². The van der Waals surface area contributed by atoms with Gasteiger partial charge in [0, 0.05) is 29.5 Å². The van der Waals surface area contributed by atoms with Crippen LogP contribution < -0.4 is 16.0 Å². The van der Waals surface area contributed by atoms with Crippen molar-refractivity contribution >= 4 is 41.3 Å². The number of nitrogens with zero attached hydrogens (tertiary/aromatic N) is 1. The lowest BCUT2D eigenvalue weighted by Crippen LogP contribution is -2.24. The summed E-state index contributed by atoms with van der Waals surface area (Å²) in [5.74, 6) is -0.415. The van der Waals surface area contributed by atoms with Gasteiger partial charge in [-0.05, 0) is 61.2 Å². The third kappa shape index (κ3) is 5.73. The molecule has 3 N–H and O–H groups in total. The minimum Gasteiger partial charge on any atom is -0.366 e. The maximum atomic E-state index is 10.7. The molecule has 0 spiro atoms. The van der Waals surface area contributed by atoms with Gasteiger partial charge in [-0.1, -0.05) is 41.9 Å². The zero-order valence-electron chi connectivity index (χ0n) is 15.2. The van der Waals surface area contributed by atoms with Crippen LogP contribution in [0.1, 0.15) is 17.5 Å². The highest BCUT2D eigenvalue weighted by Crippen LogP contribution is 2.37. The molecule has 0 aliphatic carbocycles. The molecule has 4 nitrogen and oxygen atoms in total. The van der Waals surface area contributed by atoms with Gasteiger partial charge >= 0.3 is 0 Å². The highest BCUT2D eigenvalue weighted by atomic mass is 35.5. The van der Waals surface area contributed by atoms with Gasteiger partial charge in [-0.3, -0.25) is 4.79 Å². The van der Waals surface area contributed by atoms with Gasteiger partial charge in [0.05, 0.1) is 0 Å². The molecule has 0 saturated carbocycles. The summed E-state index contributed by atoms with van der Waals surface area (Å²) < 4.78 is 0. The average molecular weight is 406 g/mol. The van der Waals surface area contributed by atoms with Crippen LogP contribution in [0.5, 0.6) is 0 Å². The summed E-state index contributed by atoms with van der Waals surface area (Å²) in [5.41, 5.74) is 10.3. The van der Waals surface area contributed by atoms with Crippen LogP contribution in [-0.2, 0) is 17.6 Å². The molecule has 0 fully saturated rings. The third-order valence-corrected chi connectivity index (χ3v) is 4.80. The molecule has 0 bridgehead atoms. The van der Waals surface area contributed by atoms with Crippen molar-refractivity contribution in [3.63, 3.8) is 0 Å². The number of fused-ring (bicyclic) bond motifs is 2. The number of hydrogen-bond donors (Lipinski definition) is 2. The Labute approximate surface area is 171 Å². The Kier molecular flexibility index (Phi) is 8.17. The molecule has 2 aromatic rings. The van der Waals surface area contributed by atoms with Gasteiger partial charge in [-0.15, -0.1) is 12.4 Å². The molecule has 0 aromatic heterocycles. The predicted octanol–water partition coefficient (Wildman–Crippen LogP) is 4.02. The second kappa shape index (κ2) is 10.4. The summed E-state index contributed by atoms with van der Waals surface area (Å²) in [6.45, 7) is 2.40. The number of halogens is 2. The lowest BCUT2D eigenvalue weighted by Gasteiger charge is -2.27. The number of hydrogen-bond acceptors (Lipinski definition) is 3. The van der Waals surface area contributed by atoms with Crippen molar-refractivity contribution in [1.82, 2.24) is 5.32 Å². The van der Waals surface area contributed by atoms with Crippen LogP contribution in [0.3, 0.4) is 0 Å². The lowest BCUT2D eigenvalue weighted by molar-refractivity contribution is -0.113. The van der Waals surface area contributed by atoms with Gasteiger partial charge in [0.2, 0.25) is 5.91 Å². The Morgan fingerprint density at radius 1 is 1.15 bits per heavy atom. The third-order valence-electron chi connectivity index (χ3n) is 4.56. The summed E-state index contributed by atoms with van der Waals surface area (Å²) in [6.07, 6.45) is 6.17. The molecule has 1 heterocycles. The predicted molar refractivity (Wildman–Crippen MR) is 115 cm³/mol.